The maximum Gasteiger partial charge on any atom is 0.257 e. The van der Waals surface area contributed by atoms with Gasteiger partial charge in [0.15, 0.2) is 0 Å². The molecule has 4 rings (SSSR count). The van der Waals surface area contributed by atoms with Crippen molar-refractivity contribution in [1.82, 2.24) is 24.6 Å². The Morgan fingerprint density at radius 2 is 2.00 bits per heavy atom. The maximum atomic E-state index is 12.6. The van der Waals surface area contributed by atoms with Crippen LogP contribution in [0.1, 0.15) is 33.9 Å². The van der Waals surface area contributed by atoms with Crippen LogP contribution in [-0.2, 0) is 7.05 Å². The molecular formula is C19H23N5OS. The van der Waals surface area contributed by atoms with E-state index in [4.69, 9.17) is 0 Å². The third kappa shape index (κ3) is 3.24. The highest BCUT2D eigenvalue weighted by atomic mass is 32.1. The minimum absolute atomic E-state index is 0.0739. The Labute approximate surface area is 157 Å². The van der Waals surface area contributed by atoms with Gasteiger partial charge in [0.25, 0.3) is 5.91 Å². The molecule has 1 fully saturated rings. The molecule has 0 N–H and O–H groups in total. The summed E-state index contributed by atoms with van der Waals surface area (Å²) >= 11 is 1.74. The zero-order valence-electron chi connectivity index (χ0n) is 15.3. The minimum atomic E-state index is 0.0739. The van der Waals surface area contributed by atoms with Crippen molar-refractivity contribution in [2.75, 3.05) is 26.2 Å². The van der Waals surface area contributed by atoms with Crippen LogP contribution in [0.4, 0.5) is 0 Å². The fraction of sp³-hybridized carbons (Fsp3) is 0.421. The smallest absolute Gasteiger partial charge is 0.257 e. The number of benzene rings is 1. The molecule has 1 unspecified atom stereocenters. The van der Waals surface area contributed by atoms with Gasteiger partial charge in [0.05, 0.1) is 27.0 Å². The first-order chi connectivity index (χ1) is 12.5. The highest BCUT2D eigenvalue weighted by Crippen LogP contribution is 2.28. The Kier molecular flexibility index (Phi) is 4.50. The van der Waals surface area contributed by atoms with Crippen molar-refractivity contribution >= 4 is 27.5 Å². The predicted octanol–water partition coefficient (Wildman–Crippen LogP) is 2.86. The molecular weight excluding hydrogens is 346 g/mol. The van der Waals surface area contributed by atoms with Crippen LogP contribution in [-0.4, -0.2) is 56.7 Å². The number of thiazole rings is 1. The predicted molar refractivity (Wildman–Crippen MR) is 103 cm³/mol. The lowest BCUT2D eigenvalue weighted by atomic mass is 10.1. The van der Waals surface area contributed by atoms with Crippen LogP contribution in [0, 0.1) is 6.92 Å². The zero-order valence-corrected chi connectivity index (χ0v) is 16.2. The summed E-state index contributed by atoms with van der Waals surface area (Å²) in [4.78, 5) is 21.5. The highest BCUT2D eigenvalue weighted by molar-refractivity contribution is 7.18. The molecule has 26 heavy (non-hydrogen) atoms. The van der Waals surface area contributed by atoms with E-state index >= 15 is 0 Å². The third-order valence-corrected chi connectivity index (χ3v) is 6.05. The average molecular weight is 369 g/mol. The van der Waals surface area contributed by atoms with Crippen molar-refractivity contribution in [3.05, 3.63) is 46.7 Å². The molecule has 1 atom stereocenters. The molecule has 0 spiro atoms. The standard InChI is InChI=1S/C19H23N5OS/c1-13(15-4-5-18-17(10-15)21-14(2)26-18)23-6-8-24(9-7-23)19(25)16-11-20-22(3)12-16/h4-5,10-13H,6-9H2,1-3H3. The van der Waals surface area contributed by atoms with Gasteiger partial charge >= 0.3 is 0 Å². The van der Waals surface area contributed by atoms with Crippen molar-refractivity contribution in [1.29, 1.82) is 0 Å². The maximum absolute atomic E-state index is 12.6. The van der Waals surface area contributed by atoms with Gasteiger partial charge in [-0.2, -0.15) is 5.10 Å². The lowest BCUT2D eigenvalue weighted by Crippen LogP contribution is -2.49. The van der Waals surface area contributed by atoms with Gasteiger partial charge in [-0.1, -0.05) is 6.07 Å². The van der Waals surface area contributed by atoms with E-state index in [1.54, 1.807) is 28.4 Å². The number of hydrogen-bond donors (Lipinski definition) is 0. The summed E-state index contributed by atoms with van der Waals surface area (Å²) in [5.41, 5.74) is 3.04. The molecule has 1 amide bonds. The van der Waals surface area contributed by atoms with Crippen LogP contribution in [0.2, 0.25) is 0 Å². The number of piperazine rings is 1. The Morgan fingerprint density at radius 3 is 2.69 bits per heavy atom. The van der Waals surface area contributed by atoms with E-state index in [-0.39, 0.29) is 5.91 Å². The molecule has 0 aliphatic carbocycles. The Morgan fingerprint density at radius 1 is 1.23 bits per heavy atom. The van der Waals surface area contributed by atoms with E-state index in [0.29, 0.717) is 11.6 Å². The van der Waals surface area contributed by atoms with E-state index < -0.39 is 0 Å². The molecule has 2 aromatic heterocycles. The number of rotatable bonds is 3. The summed E-state index contributed by atoms with van der Waals surface area (Å²) in [5, 5.41) is 5.20. The molecule has 0 bridgehead atoms. The van der Waals surface area contributed by atoms with Gasteiger partial charge in [-0.3, -0.25) is 14.4 Å². The second kappa shape index (κ2) is 6.81. The molecule has 3 aromatic rings. The number of carbonyl (C=O) groups is 1. The van der Waals surface area contributed by atoms with E-state index in [9.17, 15) is 4.79 Å². The van der Waals surface area contributed by atoms with Gasteiger partial charge in [-0.25, -0.2) is 4.98 Å². The number of amides is 1. The normalized spacial score (nSPS) is 17.0. The quantitative estimate of drug-likeness (QED) is 0.712. The summed E-state index contributed by atoms with van der Waals surface area (Å²) in [6.45, 7) is 7.53. The first-order valence-corrected chi connectivity index (χ1v) is 9.72. The topological polar surface area (TPSA) is 54.3 Å². The van der Waals surface area contributed by atoms with E-state index in [1.165, 1.54) is 10.3 Å². The third-order valence-electron chi connectivity index (χ3n) is 5.10. The summed E-state index contributed by atoms with van der Waals surface area (Å²) in [5.74, 6) is 0.0739. The molecule has 3 heterocycles. The first-order valence-electron chi connectivity index (χ1n) is 8.90. The zero-order chi connectivity index (χ0) is 18.3. The van der Waals surface area contributed by atoms with Gasteiger partial charge in [-0.05, 0) is 31.5 Å². The van der Waals surface area contributed by atoms with Crippen LogP contribution in [0.15, 0.2) is 30.6 Å². The number of hydrogen-bond acceptors (Lipinski definition) is 5. The van der Waals surface area contributed by atoms with Gasteiger partial charge in [0, 0.05) is 45.5 Å². The summed E-state index contributed by atoms with van der Waals surface area (Å²) < 4.78 is 2.91. The lowest BCUT2D eigenvalue weighted by molar-refractivity contribution is 0.0582. The van der Waals surface area contributed by atoms with Gasteiger partial charge in [0.2, 0.25) is 0 Å². The minimum Gasteiger partial charge on any atom is -0.336 e. The van der Waals surface area contributed by atoms with Gasteiger partial charge in [-0.15, -0.1) is 11.3 Å². The summed E-state index contributed by atoms with van der Waals surface area (Å²) in [6.07, 6.45) is 3.42. The van der Waals surface area contributed by atoms with Crippen LogP contribution < -0.4 is 0 Å². The molecule has 1 aliphatic rings. The number of nitrogens with zero attached hydrogens (tertiary/aromatic N) is 5. The second-order valence-electron chi connectivity index (χ2n) is 6.87. The van der Waals surface area contributed by atoms with E-state index in [0.717, 1.165) is 36.7 Å². The number of carbonyl (C=O) groups excluding carboxylic acids is 1. The fourth-order valence-electron chi connectivity index (χ4n) is 3.56. The van der Waals surface area contributed by atoms with Crippen molar-refractivity contribution in [2.24, 2.45) is 7.05 Å². The van der Waals surface area contributed by atoms with E-state index in [1.807, 2.05) is 18.9 Å². The molecule has 6 nitrogen and oxygen atoms in total. The van der Waals surface area contributed by atoms with Crippen LogP contribution in [0.5, 0.6) is 0 Å². The Hall–Kier alpha value is -2.25. The monoisotopic (exact) mass is 369 g/mol. The molecule has 7 heteroatoms. The largest absolute Gasteiger partial charge is 0.336 e. The summed E-state index contributed by atoms with van der Waals surface area (Å²) in [6, 6.07) is 6.90. The van der Waals surface area contributed by atoms with Crippen LogP contribution in [0.3, 0.4) is 0 Å². The van der Waals surface area contributed by atoms with Crippen molar-refractivity contribution in [3.63, 3.8) is 0 Å². The number of aromatic nitrogens is 3. The second-order valence-corrected chi connectivity index (χ2v) is 8.10. The number of aryl methyl sites for hydroxylation is 2. The molecule has 136 valence electrons. The van der Waals surface area contributed by atoms with Crippen molar-refractivity contribution < 1.29 is 4.79 Å². The van der Waals surface area contributed by atoms with Gasteiger partial charge in [0.1, 0.15) is 0 Å². The molecule has 1 saturated heterocycles. The SMILES string of the molecule is Cc1nc2cc(C(C)N3CCN(C(=O)c4cnn(C)c4)CC3)ccc2s1. The Bertz CT molecular complexity index is 938. The van der Waals surface area contributed by atoms with E-state index in [2.05, 4.69) is 40.1 Å². The molecule has 1 aliphatic heterocycles. The van der Waals surface area contributed by atoms with Crippen molar-refractivity contribution in [2.45, 2.75) is 19.9 Å². The summed E-state index contributed by atoms with van der Waals surface area (Å²) in [7, 11) is 1.83. The van der Waals surface area contributed by atoms with Gasteiger partial charge < -0.3 is 4.90 Å². The molecule has 1 aromatic carbocycles. The average Bonchev–Trinajstić information content (AvgIpc) is 3.24. The molecule has 0 radical (unpaired) electrons. The van der Waals surface area contributed by atoms with Crippen LogP contribution >= 0.6 is 11.3 Å². The first kappa shape index (κ1) is 17.2. The molecule has 0 saturated carbocycles. The van der Waals surface area contributed by atoms with Crippen LogP contribution in [0.25, 0.3) is 10.2 Å². The van der Waals surface area contributed by atoms with Crippen molar-refractivity contribution in [3.8, 4) is 0 Å². The number of fused-ring (bicyclic) bond motifs is 1. The Balaban J connectivity index is 1.42. The fourth-order valence-corrected chi connectivity index (χ4v) is 4.36. The highest BCUT2D eigenvalue weighted by Gasteiger charge is 2.26. The lowest BCUT2D eigenvalue weighted by Gasteiger charge is -2.38.